The van der Waals surface area contributed by atoms with Gasteiger partial charge in [0.05, 0.1) is 4.47 Å². The van der Waals surface area contributed by atoms with Gasteiger partial charge in [-0.1, -0.05) is 19.1 Å². The fourth-order valence-corrected chi connectivity index (χ4v) is 2.08. The number of hydrogen-bond donors (Lipinski definition) is 1. The zero-order valence-corrected chi connectivity index (χ0v) is 8.91. The van der Waals surface area contributed by atoms with E-state index in [-0.39, 0.29) is 6.10 Å². The topological polar surface area (TPSA) is 29.5 Å². The van der Waals surface area contributed by atoms with Gasteiger partial charge >= 0.3 is 0 Å². The minimum Gasteiger partial charge on any atom is -0.486 e. The Morgan fingerprint density at radius 3 is 2.92 bits per heavy atom. The van der Waals surface area contributed by atoms with Gasteiger partial charge in [-0.15, -0.1) is 0 Å². The molecule has 0 saturated heterocycles. The van der Waals surface area contributed by atoms with Gasteiger partial charge in [0.2, 0.25) is 0 Å². The van der Waals surface area contributed by atoms with E-state index in [9.17, 15) is 5.11 Å². The van der Waals surface area contributed by atoms with Crippen LogP contribution in [0.15, 0.2) is 22.7 Å². The van der Waals surface area contributed by atoms with Gasteiger partial charge in [0, 0.05) is 5.56 Å². The van der Waals surface area contributed by atoms with E-state index in [1.807, 2.05) is 25.1 Å². The number of rotatable bonds is 1. The van der Waals surface area contributed by atoms with E-state index >= 15 is 0 Å². The highest BCUT2D eigenvalue weighted by Gasteiger charge is 2.32. The Morgan fingerprint density at radius 2 is 2.31 bits per heavy atom. The normalized spacial score (nSPS) is 25.5. The highest BCUT2D eigenvalue weighted by Crippen LogP contribution is 2.42. The van der Waals surface area contributed by atoms with Crippen molar-refractivity contribution in [2.45, 2.75) is 25.6 Å². The van der Waals surface area contributed by atoms with E-state index < -0.39 is 6.10 Å². The van der Waals surface area contributed by atoms with E-state index in [1.165, 1.54) is 0 Å². The fourth-order valence-electron chi connectivity index (χ4n) is 1.61. The van der Waals surface area contributed by atoms with Crippen LogP contribution in [0.5, 0.6) is 5.75 Å². The average Bonchev–Trinajstić information content (AvgIpc) is 2.45. The maximum atomic E-state index is 9.82. The molecule has 0 spiro atoms. The van der Waals surface area contributed by atoms with Gasteiger partial charge in [-0.25, -0.2) is 0 Å². The molecule has 2 unspecified atom stereocenters. The molecule has 1 heterocycles. The second-order valence-electron chi connectivity index (χ2n) is 3.17. The molecule has 0 fully saturated rings. The number of ether oxygens (including phenoxy) is 1. The van der Waals surface area contributed by atoms with Crippen LogP contribution in [0.4, 0.5) is 0 Å². The zero-order valence-electron chi connectivity index (χ0n) is 7.33. The Kier molecular flexibility index (Phi) is 2.30. The zero-order chi connectivity index (χ0) is 9.42. The van der Waals surface area contributed by atoms with Crippen LogP contribution in [0.1, 0.15) is 25.0 Å². The van der Waals surface area contributed by atoms with Crippen molar-refractivity contribution in [1.82, 2.24) is 0 Å². The summed E-state index contributed by atoms with van der Waals surface area (Å²) in [7, 11) is 0. The quantitative estimate of drug-likeness (QED) is 0.821. The van der Waals surface area contributed by atoms with Crippen molar-refractivity contribution in [3.8, 4) is 5.75 Å². The molecule has 2 atom stereocenters. The van der Waals surface area contributed by atoms with Gasteiger partial charge in [-0.2, -0.15) is 0 Å². The highest BCUT2D eigenvalue weighted by atomic mass is 79.9. The van der Waals surface area contributed by atoms with Crippen LogP contribution in [0.25, 0.3) is 0 Å². The van der Waals surface area contributed by atoms with Crippen molar-refractivity contribution in [2.75, 3.05) is 0 Å². The van der Waals surface area contributed by atoms with E-state index in [2.05, 4.69) is 15.9 Å². The molecule has 13 heavy (non-hydrogen) atoms. The summed E-state index contributed by atoms with van der Waals surface area (Å²) in [6.07, 6.45) is 0.258. The molecule has 1 N–H and O–H groups in total. The molecule has 70 valence electrons. The third-order valence-corrected chi connectivity index (χ3v) is 2.96. The summed E-state index contributed by atoms with van der Waals surface area (Å²) >= 11 is 3.40. The highest BCUT2D eigenvalue weighted by molar-refractivity contribution is 9.10. The molecule has 0 aliphatic carbocycles. The largest absolute Gasteiger partial charge is 0.486 e. The van der Waals surface area contributed by atoms with Crippen molar-refractivity contribution in [3.05, 3.63) is 28.2 Å². The standard InChI is InChI=1S/C10H11BrO2/c1-2-8-9(12)6-4-3-5-7(11)10(6)13-8/h3-5,8-9,12H,2H2,1H3. The summed E-state index contributed by atoms with van der Waals surface area (Å²) in [5.41, 5.74) is 0.890. The van der Waals surface area contributed by atoms with Crippen LogP contribution < -0.4 is 4.74 Å². The lowest BCUT2D eigenvalue weighted by atomic mass is 10.1. The molecular weight excluding hydrogens is 232 g/mol. The molecular formula is C10H11BrO2. The van der Waals surface area contributed by atoms with E-state index in [0.717, 1.165) is 22.2 Å². The maximum Gasteiger partial charge on any atom is 0.139 e. The molecule has 2 nitrogen and oxygen atoms in total. The Morgan fingerprint density at radius 1 is 1.54 bits per heavy atom. The Balaban J connectivity index is 2.43. The maximum absolute atomic E-state index is 9.82. The van der Waals surface area contributed by atoms with Gasteiger partial charge in [0.25, 0.3) is 0 Å². The second kappa shape index (κ2) is 3.31. The van der Waals surface area contributed by atoms with Crippen LogP contribution in [0.3, 0.4) is 0 Å². The van der Waals surface area contributed by atoms with Crippen LogP contribution in [-0.2, 0) is 0 Å². The molecule has 0 aromatic heterocycles. The van der Waals surface area contributed by atoms with E-state index in [4.69, 9.17) is 4.74 Å². The van der Waals surface area contributed by atoms with Crippen molar-refractivity contribution in [2.24, 2.45) is 0 Å². The monoisotopic (exact) mass is 242 g/mol. The van der Waals surface area contributed by atoms with Crippen molar-refractivity contribution < 1.29 is 9.84 Å². The Bertz CT molecular complexity index is 325. The molecule has 1 aromatic carbocycles. The first-order valence-corrected chi connectivity index (χ1v) is 5.16. The number of benzene rings is 1. The summed E-state index contributed by atoms with van der Waals surface area (Å²) in [6.45, 7) is 2.01. The van der Waals surface area contributed by atoms with Gasteiger partial charge < -0.3 is 9.84 Å². The minimum absolute atomic E-state index is 0.0892. The summed E-state index contributed by atoms with van der Waals surface area (Å²) in [6, 6.07) is 5.73. The van der Waals surface area contributed by atoms with Gasteiger partial charge in [-0.3, -0.25) is 0 Å². The number of fused-ring (bicyclic) bond motifs is 1. The number of para-hydroxylation sites is 1. The minimum atomic E-state index is -0.475. The molecule has 0 amide bonds. The first-order valence-electron chi connectivity index (χ1n) is 4.37. The molecule has 1 aliphatic rings. The third kappa shape index (κ3) is 1.36. The third-order valence-electron chi connectivity index (χ3n) is 2.34. The lowest BCUT2D eigenvalue weighted by molar-refractivity contribution is 0.0651. The summed E-state index contributed by atoms with van der Waals surface area (Å²) in [4.78, 5) is 0. The van der Waals surface area contributed by atoms with Crippen molar-refractivity contribution in [3.63, 3.8) is 0 Å². The van der Waals surface area contributed by atoms with Crippen LogP contribution in [-0.4, -0.2) is 11.2 Å². The molecule has 0 saturated carbocycles. The average molecular weight is 243 g/mol. The Labute approximate surface area is 85.7 Å². The molecule has 2 rings (SSSR count). The Hall–Kier alpha value is -0.540. The molecule has 1 aromatic rings. The lowest BCUT2D eigenvalue weighted by Gasteiger charge is -2.10. The molecule has 0 radical (unpaired) electrons. The van der Waals surface area contributed by atoms with Gasteiger partial charge in [0.1, 0.15) is 18.0 Å². The van der Waals surface area contributed by atoms with E-state index in [1.54, 1.807) is 0 Å². The number of aliphatic hydroxyl groups excluding tert-OH is 1. The van der Waals surface area contributed by atoms with Gasteiger partial charge in [0.15, 0.2) is 0 Å². The van der Waals surface area contributed by atoms with Gasteiger partial charge in [-0.05, 0) is 28.4 Å². The summed E-state index contributed by atoms with van der Waals surface area (Å²) in [5, 5.41) is 9.82. The molecule has 1 aliphatic heterocycles. The summed E-state index contributed by atoms with van der Waals surface area (Å²) < 4.78 is 6.52. The molecule has 0 bridgehead atoms. The van der Waals surface area contributed by atoms with Crippen LogP contribution >= 0.6 is 15.9 Å². The first kappa shape index (κ1) is 9.03. The predicted octanol–water partition coefficient (Wildman–Crippen LogP) is 2.65. The van der Waals surface area contributed by atoms with Crippen molar-refractivity contribution in [1.29, 1.82) is 0 Å². The number of aliphatic hydroxyl groups is 1. The smallest absolute Gasteiger partial charge is 0.139 e. The SMILES string of the molecule is CCC1Oc2c(Br)cccc2C1O. The predicted molar refractivity (Wildman–Crippen MR) is 53.8 cm³/mol. The first-order chi connectivity index (χ1) is 6.24. The summed E-state index contributed by atoms with van der Waals surface area (Å²) in [5.74, 6) is 0.793. The van der Waals surface area contributed by atoms with E-state index in [0.29, 0.717) is 0 Å². The van der Waals surface area contributed by atoms with Crippen molar-refractivity contribution >= 4 is 15.9 Å². The van der Waals surface area contributed by atoms with Crippen LogP contribution in [0.2, 0.25) is 0 Å². The fraction of sp³-hybridized carbons (Fsp3) is 0.400. The lowest BCUT2D eigenvalue weighted by Crippen LogP contribution is -2.16. The second-order valence-corrected chi connectivity index (χ2v) is 4.02. The number of halogens is 1. The molecule has 3 heteroatoms. The van der Waals surface area contributed by atoms with Crippen LogP contribution in [0, 0.1) is 0 Å². The number of hydrogen-bond acceptors (Lipinski definition) is 2.